The molecule has 2 fully saturated rings. The summed E-state index contributed by atoms with van der Waals surface area (Å²) in [5, 5.41) is 9.11. The van der Waals surface area contributed by atoms with Crippen LogP contribution in [0.2, 0.25) is 0 Å². The summed E-state index contributed by atoms with van der Waals surface area (Å²) in [4.78, 5) is 2.41. The summed E-state index contributed by atoms with van der Waals surface area (Å²) in [6, 6.07) is 0. The highest BCUT2D eigenvalue weighted by Crippen LogP contribution is 2.20. The van der Waals surface area contributed by atoms with Crippen LogP contribution in [-0.4, -0.2) is 68.6 Å². The van der Waals surface area contributed by atoms with Crippen molar-refractivity contribution in [3.63, 3.8) is 0 Å². The number of hydrogen-bond acceptors (Lipinski definition) is 4. The van der Waals surface area contributed by atoms with Gasteiger partial charge in [-0.05, 0) is 57.2 Å². The van der Waals surface area contributed by atoms with E-state index in [-0.39, 0.29) is 12.5 Å². The normalized spacial score (nSPS) is 24.5. The van der Waals surface area contributed by atoms with Gasteiger partial charge in [-0.15, -0.1) is 0 Å². The van der Waals surface area contributed by atoms with Crippen LogP contribution >= 0.6 is 0 Å². The third kappa shape index (κ3) is 4.89. The molecule has 2 aliphatic rings. The Morgan fingerprint density at radius 1 is 1.05 bits per heavy atom. The van der Waals surface area contributed by atoms with Crippen molar-refractivity contribution in [3.8, 4) is 0 Å². The third-order valence-corrected chi connectivity index (χ3v) is 6.46. The van der Waals surface area contributed by atoms with Crippen molar-refractivity contribution >= 4 is 10.2 Å². The maximum Gasteiger partial charge on any atom is 0.279 e. The molecule has 6 nitrogen and oxygen atoms in total. The molecule has 0 atom stereocenters. The van der Waals surface area contributed by atoms with Gasteiger partial charge in [-0.25, -0.2) is 4.72 Å². The van der Waals surface area contributed by atoms with Crippen molar-refractivity contribution in [1.82, 2.24) is 13.9 Å². The summed E-state index contributed by atoms with van der Waals surface area (Å²) in [6.45, 7) is 7.16. The largest absolute Gasteiger partial charge is 0.396 e. The second kappa shape index (κ2) is 7.87. The highest BCUT2D eigenvalue weighted by Gasteiger charge is 2.28. The molecular formula is C14H29N3O3S. The first kappa shape index (κ1) is 17.1. The van der Waals surface area contributed by atoms with Gasteiger partial charge >= 0.3 is 0 Å². The van der Waals surface area contributed by atoms with Crippen molar-refractivity contribution in [2.24, 2.45) is 11.8 Å². The quantitative estimate of drug-likeness (QED) is 0.736. The molecule has 0 amide bonds. The second-order valence-corrected chi connectivity index (χ2v) is 8.01. The van der Waals surface area contributed by atoms with Gasteiger partial charge in [0.05, 0.1) is 0 Å². The first-order chi connectivity index (χ1) is 10.0. The molecule has 0 aromatic rings. The van der Waals surface area contributed by atoms with Crippen molar-refractivity contribution in [2.75, 3.05) is 45.9 Å². The number of likely N-dealkylation sites (tertiary alicyclic amines) is 1. The Morgan fingerprint density at radius 2 is 1.62 bits per heavy atom. The van der Waals surface area contributed by atoms with Crippen LogP contribution in [0.1, 0.15) is 32.6 Å². The Morgan fingerprint density at radius 3 is 2.14 bits per heavy atom. The second-order valence-electron chi connectivity index (χ2n) is 6.26. The molecule has 0 aliphatic carbocycles. The van der Waals surface area contributed by atoms with Crippen LogP contribution in [-0.2, 0) is 10.2 Å². The van der Waals surface area contributed by atoms with Crippen molar-refractivity contribution < 1.29 is 13.5 Å². The Kier molecular flexibility index (Phi) is 6.43. The van der Waals surface area contributed by atoms with Gasteiger partial charge in [-0.1, -0.05) is 6.92 Å². The molecule has 0 aromatic heterocycles. The van der Waals surface area contributed by atoms with Gasteiger partial charge in [0.25, 0.3) is 10.2 Å². The van der Waals surface area contributed by atoms with Crippen molar-refractivity contribution in [3.05, 3.63) is 0 Å². The highest BCUT2D eigenvalue weighted by molar-refractivity contribution is 7.87. The maximum absolute atomic E-state index is 12.3. The van der Waals surface area contributed by atoms with Crippen LogP contribution in [0.3, 0.4) is 0 Å². The molecule has 2 saturated heterocycles. The van der Waals surface area contributed by atoms with Crippen LogP contribution < -0.4 is 4.72 Å². The number of hydrogen-bond donors (Lipinski definition) is 2. The SMILES string of the molecule is CCN1CCC(CNS(=O)(=O)N2CCC(CO)CC2)CC1. The van der Waals surface area contributed by atoms with Crippen LogP contribution in [0.4, 0.5) is 0 Å². The minimum atomic E-state index is -3.35. The summed E-state index contributed by atoms with van der Waals surface area (Å²) in [5.74, 6) is 0.715. The molecule has 0 bridgehead atoms. The Labute approximate surface area is 128 Å². The summed E-state index contributed by atoms with van der Waals surface area (Å²) in [5.41, 5.74) is 0. The molecule has 0 aromatic carbocycles. The summed E-state index contributed by atoms with van der Waals surface area (Å²) < 4.78 is 28.9. The number of nitrogens with one attached hydrogen (secondary N) is 1. The molecular weight excluding hydrogens is 290 g/mol. The molecule has 2 aliphatic heterocycles. The molecule has 2 heterocycles. The minimum Gasteiger partial charge on any atom is -0.396 e. The number of aliphatic hydroxyl groups excluding tert-OH is 1. The molecule has 0 radical (unpaired) electrons. The van der Waals surface area contributed by atoms with Crippen molar-refractivity contribution in [1.29, 1.82) is 0 Å². The first-order valence-corrected chi connectivity index (χ1v) is 9.57. The monoisotopic (exact) mass is 319 g/mol. The third-order valence-electron chi connectivity index (χ3n) is 4.88. The number of rotatable bonds is 6. The van der Waals surface area contributed by atoms with Crippen LogP contribution in [0.5, 0.6) is 0 Å². The van der Waals surface area contributed by atoms with Gasteiger partial charge in [0.2, 0.25) is 0 Å². The zero-order chi connectivity index (χ0) is 15.3. The fourth-order valence-electron chi connectivity index (χ4n) is 3.15. The Balaban J connectivity index is 1.74. The van der Waals surface area contributed by atoms with Crippen LogP contribution in [0.25, 0.3) is 0 Å². The lowest BCUT2D eigenvalue weighted by molar-refractivity contribution is 0.168. The van der Waals surface area contributed by atoms with E-state index < -0.39 is 10.2 Å². The lowest BCUT2D eigenvalue weighted by Crippen LogP contribution is -2.47. The van der Waals surface area contributed by atoms with Crippen LogP contribution in [0, 0.1) is 11.8 Å². The molecule has 0 spiro atoms. The first-order valence-electron chi connectivity index (χ1n) is 8.13. The van der Waals surface area contributed by atoms with E-state index in [1.807, 2.05) is 0 Å². The fourth-order valence-corrected chi connectivity index (χ4v) is 4.47. The highest BCUT2D eigenvalue weighted by atomic mass is 32.2. The van der Waals surface area contributed by atoms with E-state index in [2.05, 4.69) is 16.5 Å². The summed E-state index contributed by atoms with van der Waals surface area (Å²) >= 11 is 0. The maximum atomic E-state index is 12.3. The van der Waals surface area contributed by atoms with Gasteiger partial charge < -0.3 is 10.0 Å². The Bertz CT molecular complexity index is 400. The predicted octanol–water partition coefficient (Wildman–Crippen LogP) is 0.257. The van der Waals surface area contributed by atoms with Gasteiger partial charge in [-0.3, -0.25) is 0 Å². The lowest BCUT2D eigenvalue weighted by atomic mass is 9.97. The van der Waals surface area contributed by atoms with E-state index >= 15 is 0 Å². The molecule has 124 valence electrons. The number of piperidine rings is 2. The van der Waals surface area contributed by atoms with Gasteiger partial charge in [0.15, 0.2) is 0 Å². The van der Waals surface area contributed by atoms with Gasteiger partial charge in [0.1, 0.15) is 0 Å². The fraction of sp³-hybridized carbons (Fsp3) is 1.00. The van der Waals surface area contributed by atoms with Gasteiger partial charge in [-0.2, -0.15) is 12.7 Å². The summed E-state index contributed by atoms with van der Waals surface area (Å²) in [6.07, 6.45) is 3.66. The van der Waals surface area contributed by atoms with Gasteiger partial charge in [0, 0.05) is 26.2 Å². The predicted molar refractivity (Wildman–Crippen MR) is 83.1 cm³/mol. The molecule has 0 unspecified atom stereocenters. The molecule has 21 heavy (non-hydrogen) atoms. The standard InChI is InChI=1S/C14H29N3O3S/c1-2-16-7-3-13(4-8-16)11-15-21(19,20)17-9-5-14(12-18)6-10-17/h13-15,18H,2-12H2,1H3. The molecule has 2 N–H and O–H groups in total. The zero-order valence-corrected chi connectivity index (χ0v) is 13.8. The summed E-state index contributed by atoms with van der Waals surface area (Å²) in [7, 11) is -3.35. The lowest BCUT2D eigenvalue weighted by Gasteiger charge is -2.33. The molecule has 7 heteroatoms. The topological polar surface area (TPSA) is 72.9 Å². The van der Waals surface area contributed by atoms with E-state index in [0.29, 0.717) is 25.6 Å². The number of aliphatic hydroxyl groups is 1. The van der Waals surface area contributed by atoms with Crippen LogP contribution in [0.15, 0.2) is 0 Å². The van der Waals surface area contributed by atoms with E-state index in [9.17, 15) is 8.42 Å². The average molecular weight is 319 g/mol. The zero-order valence-electron chi connectivity index (χ0n) is 13.0. The van der Waals surface area contributed by atoms with E-state index in [1.165, 1.54) is 4.31 Å². The Hall–Kier alpha value is -0.210. The average Bonchev–Trinajstić information content (AvgIpc) is 2.53. The van der Waals surface area contributed by atoms with E-state index in [4.69, 9.17) is 5.11 Å². The van der Waals surface area contributed by atoms with E-state index in [0.717, 1.165) is 45.3 Å². The van der Waals surface area contributed by atoms with Crippen molar-refractivity contribution in [2.45, 2.75) is 32.6 Å². The van der Waals surface area contributed by atoms with E-state index in [1.54, 1.807) is 0 Å². The smallest absolute Gasteiger partial charge is 0.279 e. The molecule has 0 saturated carbocycles. The molecule has 2 rings (SSSR count). The minimum absolute atomic E-state index is 0.164. The number of nitrogens with zero attached hydrogens (tertiary/aromatic N) is 2.